The van der Waals surface area contributed by atoms with Crippen molar-refractivity contribution < 1.29 is 24.2 Å². The van der Waals surface area contributed by atoms with E-state index in [1.54, 1.807) is 11.4 Å². The van der Waals surface area contributed by atoms with Crippen LogP contribution < -0.4 is 5.32 Å². The van der Waals surface area contributed by atoms with Crippen LogP contribution in [0.1, 0.15) is 23.2 Å². The highest BCUT2D eigenvalue weighted by Gasteiger charge is 2.32. The Hall–Kier alpha value is -1.93. The Bertz CT molecular complexity index is 531. The summed E-state index contributed by atoms with van der Waals surface area (Å²) >= 11 is 1.44. The normalized spacial score (nSPS) is 18.0. The quantitative estimate of drug-likeness (QED) is 0.745. The van der Waals surface area contributed by atoms with E-state index < -0.39 is 12.0 Å². The molecule has 1 unspecified atom stereocenters. The Morgan fingerprint density at radius 1 is 1.45 bits per heavy atom. The number of carboxylic acids is 1. The fraction of sp³-hybridized carbons (Fsp3) is 0.500. The highest BCUT2D eigenvalue weighted by Crippen LogP contribution is 2.10. The van der Waals surface area contributed by atoms with Crippen LogP contribution in [0.15, 0.2) is 16.8 Å². The Morgan fingerprint density at radius 2 is 2.27 bits per heavy atom. The van der Waals surface area contributed by atoms with Gasteiger partial charge in [0.05, 0.1) is 13.2 Å². The predicted octanol–water partition coefficient (Wildman–Crippen LogP) is 0.570. The van der Waals surface area contributed by atoms with Gasteiger partial charge < -0.3 is 20.1 Å². The van der Waals surface area contributed by atoms with Crippen molar-refractivity contribution in [2.75, 3.05) is 26.3 Å². The third-order valence-corrected chi connectivity index (χ3v) is 4.05. The zero-order chi connectivity index (χ0) is 15.9. The number of ether oxygens (including phenoxy) is 1. The van der Waals surface area contributed by atoms with Crippen molar-refractivity contribution in [3.8, 4) is 0 Å². The number of amides is 2. The first-order chi connectivity index (χ1) is 10.6. The van der Waals surface area contributed by atoms with Gasteiger partial charge in [-0.1, -0.05) is 0 Å². The summed E-state index contributed by atoms with van der Waals surface area (Å²) < 4.78 is 5.09. The molecule has 0 aromatic carbocycles. The van der Waals surface area contributed by atoms with Crippen LogP contribution in [0.5, 0.6) is 0 Å². The summed E-state index contributed by atoms with van der Waals surface area (Å²) in [4.78, 5) is 36.2. The summed E-state index contributed by atoms with van der Waals surface area (Å²) in [5.41, 5.74) is 0.607. The number of rotatable bonds is 6. The first-order valence-electron chi connectivity index (χ1n) is 7.00. The van der Waals surface area contributed by atoms with E-state index in [2.05, 4.69) is 5.32 Å². The molecule has 1 aliphatic heterocycles. The molecule has 1 aromatic heterocycles. The van der Waals surface area contributed by atoms with E-state index in [9.17, 15) is 14.4 Å². The molecule has 1 saturated heterocycles. The van der Waals surface area contributed by atoms with E-state index in [1.807, 2.05) is 5.38 Å². The second-order valence-corrected chi connectivity index (χ2v) is 5.67. The van der Waals surface area contributed by atoms with Crippen LogP contribution in [0.3, 0.4) is 0 Å². The van der Waals surface area contributed by atoms with E-state index in [-0.39, 0.29) is 31.4 Å². The molecule has 0 radical (unpaired) electrons. The van der Waals surface area contributed by atoms with Crippen LogP contribution in [0.4, 0.5) is 0 Å². The van der Waals surface area contributed by atoms with Gasteiger partial charge >= 0.3 is 5.97 Å². The zero-order valence-electron chi connectivity index (χ0n) is 12.0. The summed E-state index contributed by atoms with van der Waals surface area (Å²) in [6.07, 6.45) is 0.673. The van der Waals surface area contributed by atoms with E-state index in [0.29, 0.717) is 25.1 Å². The van der Waals surface area contributed by atoms with E-state index in [0.717, 1.165) is 0 Å². The molecule has 1 fully saturated rings. The van der Waals surface area contributed by atoms with Crippen LogP contribution in [0.25, 0.3) is 0 Å². The summed E-state index contributed by atoms with van der Waals surface area (Å²) in [5, 5.41) is 15.4. The van der Waals surface area contributed by atoms with Crippen molar-refractivity contribution in [3.63, 3.8) is 0 Å². The van der Waals surface area contributed by atoms with Gasteiger partial charge in [-0.05, 0) is 17.9 Å². The number of thiophene rings is 1. The first kappa shape index (κ1) is 16.4. The maximum Gasteiger partial charge on any atom is 0.328 e. The zero-order valence-corrected chi connectivity index (χ0v) is 12.8. The largest absolute Gasteiger partial charge is 0.480 e. The highest BCUT2D eigenvalue weighted by atomic mass is 32.1. The van der Waals surface area contributed by atoms with Gasteiger partial charge in [-0.2, -0.15) is 11.3 Å². The van der Waals surface area contributed by atoms with Gasteiger partial charge in [-0.3, -0.25) is 9.59 Å². The SMILES string of the molecule is O=C(NCCCC(=O)N1CCOCC1C(=O)O)c1ccsc1. The molecule has 2 rings (SSSR count). The fourth-order valence-electron chi connectivity index (χ4n) is 2.19. The Morgan fingerprint density at radius 3 is 2.95 bits per heavy atom. The molecule has 1 atom stereocenters. The number of carbonyl (C=O) groups is 3. The molecule has 0 saturated carbocycles. The second-order valence-electron chi connectivity index (χ2n) is 4.89. The highest BCUT2D eigenvalue weighted by molar-refractivity contribution is 7.08. The third-order valence-electron chi connectivity index (χ3n) is 3.37. The summed E-state index contributed by atoms with van der Waals surface area (Å²) in [7, 11) is 0. The van der Waals surface area contributed by atoms with Crippen molar-refractivity contribution in [3.05, 3.63) is 22.4 Å². The number of carboxylic acid groups (broad SMARTS) is 1. The molecule has 2 amide bonds. The third kappa shape index (κ3) is 4.28. The minimum absolute atomic E-state index is 0.0238. The van der Waals surface area contributed by atoms with Gasteiger partial charge in [0.15, 0.2) is 6.04 Å². The number of nitrogens with zero attached hydrogens (tertiary/aromatic N) is 1. The van der Waals surface area contributed by atoms with E-state index in [4.69, 9.17) is 9.84 Å². The molecule has 120 valence electrons. The number of nitrogens with one attached hydrogen (secondary N) is 1. The van der Waals surface area contributed by atoms with Gasteiger partial charge in [0.25, 0.3) is 5.91 Å². The monoisotopic (exact) mass is 326 g/mol. The lowest BCUT2D eigenvalue weighted by Gasteiger charge is -2.32. The molecule has 22 heavy (non-hydrogen) atoms. The number of aliphatic carboxylic acids is 1. The molecule has 0 spiro atoms. The average molecular weight is 326 g/mol. The minimum atomic E-state index is -1.06. The van der Waals surface area contributed by atoms with E-state index in [1.165, 1.54) is 16.2 Å². The van der Waals surface area contributed by atoms with Crippen LogP contribution in [0, 0.1) is 0 Å². The second kappa shape index (κ2) is 7.90. The summed E-state index contributed by atoms with van der Waals surface area (Å²) in [6, 6.07) is 0.817. The van der Waals surface area contributed by atoms with Gasteiger partial charge in [0.1, 0.15) is 0 Å². The van der Waals surface area contributed by atoms with Gasteiger partial charge in [-0.15, -0.1) is 0 Å². The first-order valence-corrected chi connectivity index (χ1v) is 7.94. The number of hydrogen-bond donors (Lipinski definition) is 2. The molecular weight excluding hydrogens is 308 g/mol. The van der Waals surface area contributed by atoms with E-state index >= 15 is 0 Å². The van der Waals surface area contributed by atoms with Crippen molar-refractivity contribution >= 4 is 29.1 Å². The maximum atomic E-state index is 12.1. The number of hydrogen-bond acceptors (Lipinski definition) is 5. The Labute approximate surface area is 131 Å². The molecule has 2 heterocycles. The number of morpholine rings is 1. The van der Waals surface area contributed by atoms with Crippen molar-refractivity contribution in [2.45, 2.75) is 18.9 Å². The van der Waals surface area contributed by atoms with Crippen molar-refractivity contribution in [2.24, 2.45) is 0 Å². The summed E-state index contributed by atoms with van der Waals surface area (Å²) in [6.45, 7) is 1.04. The van der Waals surface area contributed by atoms with Gasteiger partial charge in [0, 0.05) is 30.5 Å². The molecule has 0 aliphatic carbocycles. The van der Waals surface area contributed by atoms with Crippen molar-refractivity contribution in [1.29, 1.82) is 0 Å². The summed E-state index contributed by atoms with van der Waals surface area (Å²) in [5.74, 6) is -1.44. The molecule has 1 aliphatic rings. The van der Waals surface area contributed by atoms with Crippen molar-refractivity contribution in [1.82, 2.24) is 10.2 Å². The lowest BCUT2D eigenvalue weighted by molar-refractivity contribution is -0.158. The predicted molar refractivity (Wildman–Crippen MR) is 79.8 cm³/mol. The van der Waals surface area contributed by atoms with Crippen LogP contribution in [-0.4, -0.2) is 60.1 Å². The Kier molecular flexibility index (Phi) is 5.91. The smallest absolute Gasteiger partial charge is 0.328 e. The lowest BCUT2D eigenvalue weighted by Crippen LogP contribution is -2.52. The van der Waals surface area contributed by atoms with Gasteiger partial charge in [-0.25, -0.2) is 4.79 Å². The van der Waals surface area contributed by atoms with Gasteiger partial charge in [0.2, 0.25) is 5.91 Å². The fourth-order valence-corrected chi connectivity index (χ4v) is 2.82. The van der Waals surface area contributed by atoms with Crippen LogP contribution in [0.2, 0.25) is 0 Å². The average Bonchev–Trinajstić information content (AvgIpc) is 3.05. The molecule has 7 nitrogen and oxygen atoms in total. The molecule has 2 N–H and O–H groups in total. The minimum Gasteiger partial charge on any atom is -0.480 e. The van der Waals surface area contributed by atoms with Crippen LogP contribution in [-0.2, 0) is 14.3 Å². The number of carbonyl (C=O) groups excluding carboxylic acids is 2. The maximum absolute atomic E-state index is 12.1. The standard InChI is InChI=1S/C14H18N2O5S/c17-12(16-5-6-21-8-11(16)14(19)20)2-1-4-15-13(18)10-3-7-22-9-10/h3,7,9,11H,1-2,4-6,8H2,(H,15,18)(H,19,20). The molecule has 8 heteroatoms. The lowest BCUT2D eigenvalue weighted by atomic mass is 10.2. The topological polar surface area (TPSA) is 95.9 Å². The molecule has 1 aromatic rings. The molecular formula is C14H18N2O5S. The van der Waals surface area contributed by atoms with Crippen LogP contribution >= 0.6 is 11.3 Å². The Balaban J connectivity index is 1.73. The molecule has 0 bridgehead atoms.